The molecule has 1 aromatic rings. The molecule has 96 valence electrons. The summed E-state index contributed by atoms with van der Waals surface area (Å²) in [6, 6.07) is 7.56. The van der Waals surface area contributed by atoms with E-state index >= 15 is 0 Å². The Morgan fingerprint density at radius 2 is 2.06 bits per heavy atom. The molecule has 1 aromatic carbocycles. The summed E-state index contributed by atoms with van der Waals surface area (Å²) in [7, 11) is 4.04. The Kier molecular flexibility index (Phi) is 4.54. The highest BCUT2D eigenvalue weighted by Crippen LogP contribution is 2.34. The van der Waals surface area contributed by atoms with Crippen LogP contribution in [0, 0.1) is 5.92 Å². The van der Waals surface area contributed by atoms with Gasteiger partial charge in [0, 0.05) is 18.2 Å². The molecule has 2 atom stereocenters. The van der Waals surface area contributed by atoms with Crippen molar-refractivity contribution in [2.45, 2.75) is 25.9 Å². The first-order valence-corrected chi connectivity index (χ1v) is 6.13. The number of hydrogen-bond donors (Lipinski definition) is 2. The average Bonchev–Trinajstić information content (AvgIpc) is 2.27. The van der Waals surface area contributed by atoms with Crippen LogP contribution >= 0.6 is 0 Å². The topological polar surface area (TPSA) is 49.5 Å². The van der Waals surface area contributed by atoms with Crippen LogP contribution < -0.4 is 5.73 Å². The van der Waals surface area contributed by atoms with E-state index in [0.717, 1.165) is 12.1 Å². The minimum absolute atomic E-state index is 0.157. The molecular weight excluding hydrogens is 212 g/mol. The van der Waals surface area contributed by atoms with Crippen molar-refractivity contribution in [3.63, 3.8) is 0 Å². The van der Waals surface area contributed by atoms with E-state index in [1.165, 1.54) is 0 Å². The summed E-state index contributed by atoms with van der Waals surface area (Å²) in [6.45, 7) is 4.93. The second-order valence-electron chi connectivity index (χ2n) is 5.07. The number of rotatable bonds is 5. The van der Waals surface area contributed by atoms with Gasteiger partial charge in [-0.3, -0.25) is 0 Å². The number of nitrogens with two attached hydrogens (primary N) is 1. The molecule has 0 heterocycles. The molecule has 3 nitrogen and oxygen atoms in total. The molecule has 0 aliphatic rings. The Bertz CT molecular complexity index is 365. The molecular formula is C14H24N2O. The van der Waals surface area contributed by atoms with Crippen LogP contribution in [0.4, 0.5) is 5.69 Å². The van der Waals surface area contributed by atoms with Crippen molar-refractivity contribution in [2.75, 3.05) is 26.4 Å². The van der Waals surface area contributed by atoms with Crippen molar-refractivity contribution >= 4 is 5.69 Å². The molecule has 0 aliphatic heterocycles. The number of nitrogen functional groups attached to an aromatic ring is 1. The Morgan fingerprint density at radius 3 is 2.53 bits per heavy atom. The molecule has 3 heteroatoms. The van der Waals surface area contributed by atoms with Crippen LogP contribution in [-0.4, -0.2) is 30.6 Å². The zero-order valence-electron chi connectivity index (χ0n) is 11.3. The molecule has 1 rings (SSSR count). The van der Waals surface area contributed by atoms with Gasteiger partial charge >= 0.3 is 0 Å². The summed E-state index contributed by atoms with van der Waals surface area (Å²) in [5.41, 5.74) is 6.60. The number of aliphatic hydroxyl groups is 1. The number of anilines is 1. The maximum Gasteiger partial charge on any atom is 0.0932 e. The molecule has 0 aromatic heterocycles. The lowest BCUT2D eigenvalue weighted by Crippen LogP contribution is -2.38. The van der Waals surface area contributed by atoms with E-state index < -0.39 is 5.60 Å². The minimum atomic E-state index is -0.806. The van der Waals surface area contributed by atoms with Crippen LogP contribution in [0.15, 0.2) is 24.3 Å². The molecule has 0 fully saturated rings. The SMILES string of the molecule is CCC(O)(c1cccc(N)c1)[C@@H](C)CN(C)C. The standard InChI is InChI=1S/C14H24N2O/c1-5-14(17,11(2)10-16(3)4)12-7-6-8-13(15)9-12/h6-9,11,17H,5,10,15H2,1-4H3/t11-,14?/m0/s1. The quantitative estimate of drug-likeness (QED) is 0.769. The van der Waals surface area contributed by atoms with Crippen molar-refractivity contribution < 1.29 is 5.11 Å². The van der Waals surface area contributed by atoms with Gasteiger partial charge in [-0.05, 0) is 38.2 Å². The second kappa shape index (κ2) is 5.52. The van der Waals surface area contributed by atoms with Gasteiger partial charge in [-0.1, -0.05) is 26.0 Å². The van der Waals surface area contributed by atoms with E-state index in [0.29, 0.717) is 12.1 Å². The number of hydrogen-bond acceptors (Lipinski definition) is 3. The van der Waals surface area contributed by atoms with Crippen molar-refractivity contribution in [2.24, 2.45) is 5.92 Å². The molecule has 3 N–H and O–H groups in total. The monoisotopic (exact) mass is 236 g/mol. The van der Waals surface area contributed by atoms with Crippen LogP contribution in [0.25, 0.3) is 0 Å². The average molecular weight is 236 g/mol. The van der Waals surface area contributed by atoms with Crippen molar-refractivity contribution in [3.05, 3.63) is 29.8 Å². The van der Waals surface area contributed by atoms with Crippen molar-refractivity contribution in [1.29, 1.82) is 0 Å². The summed E-state index contributed by atoms with van der Waals surface area (Å²) < 4.78 is 0. The highest BCUT2D eigenvalue weighted by Gasteiger charge is 2.34. The van der Waals surface area contributed by atoms with E-state index in [1.54, 1.807) is 0 Å². The summed E-state index contributed by atoms with van der Waals surface area (Å²) >= 11 is 0. The molecule has 17 heavy (non-hydrogen) atoms. The van der Waals surface area contributed by atoms with Gasteiger partial charge in [0.05, 0.1) is 5.60 Å². The lowest BCUT2D eigenvalue weighted by molar-refractivity contribution is -0.0291. The Labute approximate surface area is 104 Å². The van der Waals surface area contributed by atoms with Gasteiger partial charge in [0.25, 0.3) is 0 Å². The zero-order chi connectivity index (χ0) is 13.1. The highest BCUT2D eigenvalue weighted by molar-refractivity contribution is 5.42. The third kappa shape index (κ3) is 3.20. The summed E-state index contributed by atoms with van der Waals surface area (Å²) in [5, 5.41) is 10.9. The first-order chi connectivity index (χ1) is 7.90. The van der Waals surface area contributed by atoms with Gasteiger partial charge in [0.1, 0.15) is 0 Å². The highest BCUT2D eigenvalue weighted by atomic mass is 16.3. The fourth-order valence-corrected chi connectivity index (χ4v) is 2.34. The van der Waals surface area contributed by atoms with Gasteiger partial charge in [0.2, 0.25) is 0 Å². The molecule has 0 spiro atoms. The van der Waals surface area contributed by atoms with Crippen molar-refractivity contribution in [1.82, 2.24) is 4.90 Å². The van der Waals surface area contributed by atoms with Crippen LogP contribution in [0.1, 0.15) is 25.8 Å². The van der Waals surface area contributed by atoms with Gasteiger partial charge in [0.15, 0.2) is 0 Å². The first-order valence-electron chi connectivity index (χ1n) is 6.13. The third-order valence-electron chi connectivity index (χ3n) is 3.38. The molecule has 0 amide bonds. The van der Waals surface area contributed by atoms with Crippen LogP contribution in [0.5, 0.6) is 0 Å². The molecule has 0 saturated carbocycles. The summed E-state index contributed by atoms with van der Waals surface area (Å²) in [6.07, 6.45) is 0.686. The molecule has 0 saturated heterocycles. The fourth-order valence-electron chi connectivity index (χ4n) is 2.34. The zero-order valence-corrected chi connectivity index (χ0v) is 11.3. The van der Waals surface area contributed by atoms with Gasteiger partial charge in [-0.15, -0.1) is 0 Å². The van der Waals surface area contributed by atoms with Crippen LogP contribution in [0.3, 0.4) is 0 Å². The maximum atomic E-state index is 10.9. The molecule has 0 radical (unpaired) electrons. The second-order valence-corrected chi connectivity index (χ2v) is 5.07. The Balaban J connectivity index is 3.02. The minimum Gasteiger partial charge on any atom is -0.399 e. The third-order valence-corrected chi connectivity index (χ3v) is 3.38. The fraction of sp³-hybridized carbons (Fsp3) is 0.571. The van der Waals surface area contributed by atoms with Gasteiger partial charge in [-0.25, -0.2) is 0 Å². The first kappa shape index (κ1) is 14.0. The van der Waals surface area contributed by atoms with E-state index in [9.17, 15) is 5.11 Å². The largest absolute Gasteiger partial charge is 0.399 e. The normalized spacial score (nSPS) is 16.8. The number of nitrogens with zero attached hydrogens (tertiary/aromatic N) is 1. The van der Waals surface area contributed by atoms with Crippen LogP contribution in [0.2, 0.25) is 0 Å². The molecule has 0 bridgehead atoms. The summed E-state index contributed by atoms with van der Waals surface area (Å²) in [4.78, 5) is 2.09. The predicted molar refractivity (Wildman–Crippen MR) is 72.8 cm³/mol. The van der Waals surface area contributed by atoms with E-state index in [-0.39, 0.29) is 5.92 Å². The lowest BCUT2D eigenvalue weighted by Gasteiger charge is -2.35. The van der Waals surface area contributed by atoms with Crippen molar-refractivity contribution in [3.8, 4) is 0 Å². The Morgan fingerprint density at radius 1 is 1.41 bits per heavy atom. The van der Waals surface area contributed by atoms with E-state index in [4.69, 9.17) is 5.73 Å². The van der Waals surface area contributed by atoms with Crippen LogP contribution in [-0.2, 0) is 5.60 Å². The van der Waals surface area contributed by atoms with Gasteiger partial charge < -0.3 is 15.7 Å². The van der Waals surface area contributed by atoms with E-state index in [2.05, 4.69) is 11.8 Å². The molecule has 0 aliphatic carbocycles. The predicted octanol–water partition coefficient (Wildman–Crippen LogP) is 2.06. The van der Waals surface area contributed by atoms with Gasteiger partial charge in [-0.2, -0.15) is 0 Å². The maximum absolute atomic E-state index is 10.9. The molecule has 1 unspecified atom stereocenters. The Hall–Kier alpha value is -1.06. The summed E-state index contributed by atoms with van der Waals surface area (Å²) in [5.74, 6) is 0.157. The smallest absolute Gasteiger partial charge is 0.0932 e. The lowest BCUT2D eigenvalue weighted by atomic mass is 9.80. The number of benzene rings is 1. The van der Waals surface area contributed by atoms with E-state index in [1.807, 2.05) is 45.3 Å².